The molecule has 0 aliphatic heterocycles. The van der Waals surface area contributed by atoms with Crippen LogP contribution in [-0.2, 0) is 16.4 Å². The Morgan fingerprint density at radius 3 is 2.67 bits per heavy atom. The summed E-state index contributed by atoms with van der Waals surface area (Å²) < 4.78 is 30.4. The van der Waals surface area contributed by atoms with Crippen LogP contribution in [0.2, 0.25) is 0 Å². The molecule has 2 aromatic rings. The second-order valence-corrected chi connectivity index (χ2v) is 10.1. The number of rotatable bonds is 9. The molecule has 0 spiro atoms. The molecule has 2 aromatic heterocycles. The molecule has 162 valence electrons. The summed E-state index contributed by atoms with van der Waals surface area (Å²) in [7, 11) is 0.285. The van der Waals surface area contributed by atoms with Gasteiger partial charge in [0.15, 0.2) is 15.7 Å². The van der Waals surface area contributed by atoms with Crippen molar-refractivity contribution in [3.05, 3.63) is 35.9 Å². The summed E-state index contributed by atoms with van der Waals surface area (Å²) in [5, 5.41) is 2.42. The molecule has 0 bridgehead atoms. The van der Waals surface area contributed by atoms with E-state index in [1.807, 2.05) is 13.8 Å². The topological polar surface area (TPSA) is 114 Å². The van der Waals surface area contributed by atoms with E-state index in [1.165, 1.54) is 24.5 Å². The molecule has 1 aliphatic carbocycles. The minimum atomic E-state index is -3.31. The normalized spacial score (nSPS) is 13.9. The van der Waals surface area contributed by atoms with Crippen LogP contribution in [0.5, 0.6) is 5.88 Å². The van der Waals surface area contributed by atoms with Crippen LogP contribution in [-0.4, -0.2) is 55.2 Å². The summed E-state index contributed by atoms with van der Waals surface area (Å²) in [5.41, 5.74) is 0.597. The van der Waals surface area contributed by atoms with Crippen molar-refractivity contribution in [3.63, 3.8) is 0 Å². The third kappa shape index (κ3) is 5.24. The number of sulfone groups is 1. The lowest BCUT2D eigenvalue weighted by atomic mass is 10.2. The van der Waals surface area contributed by atoms with Crippen LogP contribution >= 0.6 is 0 Å². The molecule has 0 radical (unpaired) electrons. The van der Waals surface area contributed by atoms with Crippen LogP contribution < -0.4 is 15.0 Å². The number of ether oxygens (including phenoxy) is 1. The van der Waals surface area contributed by atoms with Crippen molar-refractivity contribution in [2.45, 2.75) is 43.4 Å². The number of nitrogens with zero attached hydrogens (tertiary/aromatic N) is 4. The van der Waals surface area contributed by atoms with Gasteiger partial charge in [0.2, 0.25) is 0 Å². The second kappa shape index (κ2) is 8.95. The minimum Gasteiger partial charge on any atom is -0.475 e. The molecular weight excluding hydrogens is 406 g/mol. The van der Waals surface area contributed by atoms with Crippen molar-refractivity contribution in [1.82, 2.24) is 20.3 Å². The van der Waals surface area contributed by atoms with E-state index in [0.717, 1.165) is 0 Å². The zero-order valence-corrected chi connectivity index (χ0v) is 18.4. The molecule has 0 unspecified atom stereocenters. The Labute approximate surface area is 176 Å². The number of carbonyl (C=O) groups excluding carboxylic acids is 1. The van der Waals surface area contributed by atoms with Crippen LogP contribution in [0.4, 0.5) is 5.82 Å². The lowest BCUT2D eigenvalue weighted by molar-refractivity contribution is 0.0945. The van der Waals surface area contributed by atoms with Gasteiger partial charge in [-0.1, -0.05) is 13.8 Å². The fourth-order valence-corrected chi connectivity index (χ4v) is 4.37. The van der Waals surface area contributed by atoms with Gasteiger partial charge in [-0.3, -0.25) is 9.78 Å². The molecule has 3 rings (SSSR count). The third-order valence-electron chi connectivity index (χ3n) is 4.44. The van der Waals surface area contributed by atoms with Crippen LogP contribution in [0.1, 0.15) is 42.9 Å². The molecule has 0 aromatic carbocycles. The van der Waals surface area contributed by atoms with Crippen LogP contribution in [0.25, 0.3) is 0 Å². The SMILES string of the molecule is CC(C)COc1ncc(C(=O)NCc2cc(S(=O)(=O)C3CC3)ccn2)nc1N(C)C. The minimum absolute atomic E-state index is 0.0808. The fourth-order valence-electron chi connectivity index (χ4n) is 2.68. The smallest absolute Gasteiger partial charge is 0.271 e. The highest BCUT2D eigenvalue weighted by Gasteiger charge is 2.37. The van der Waals surface area contributed by atoms with Crippen molar-refractivity contribution in [2.75, 3.05) is 25.6 Å². The third-order valence-corrected chi connectivity index (χ3v) is 6.70. The zero-order valence-electron chi connectivity index (χ0n) is 17.6. The summed E-state index contributed by atoms with van der Waals surface area (Å²) in [6.45, 7) is 4.64. The number of carbonyl (C=O) groups is 1. The average molecular weight is 434 g/mol. The van der Waals surface area contributed by atoms with Gasteiger partial charge in [-0.25, -0.2) is 18.4 Å². The molecule has 1 saturated carbocycles. The number of aromatic nitrogens is 3. The molecule has 10 heteroatoms. The lowest BCUT2D eigenvalue weighted by Crippen LogP contribution is -2.26. The molecule has 1 amide bonds. The van der Waals surface area contributed by atoms with E-state index in [2.05, 4.69) is 20.3 Å². The van der Waals surface area contributed by atoms with E-state index in [1.54, 1.807) is 19.0 Å². The molecular formula is C20H27N5O4S. The quantitative estimate of drug-likeness (QED) is 0.637. The molecule has 1 aliphatic rings. The number of amides is 1. The first-order valence-electron chi connectivity index (χ1n) is 9.82. The van der Waals surface area contributed by atoms with Crippen molar-refractivity contribution < 1.29 is 17.9 Å². The van der Waals surface area contributed by atoms with Gasteiger partial charge in [0, 0.05) is 20.3 Å². The van der Waals surface area contributed by atoms with Crippen LogP contribution in [0.3, 0.4) is 0 Å². The Morgan fingerprint density at radius 1 is 1.30 bits per heavy atom. The Balaban J connectivity index is 1.70. The maximum atomic E-state index is 12.6. The standard InChI is InChI=1S/C20H27N5O4S/c1-13(2)12-29-20-18(25(3)4)24-17(11-23-20)19(26)22-10-14-9-16(7-8-21-14)30(27,28)15-5-6-15/h7-9,11,13,15H,5-6,10,12H2,1-4H3,(H,22,26). The molecule has 1 N–H and O–H groups in total. The van der Waals surface area contributed by atoms with E-state index in [4.69, 9.17) is 4.74 Å². The summed E-state index contributed by atoms with van der Waals surface area (Å²) in [4.78, 5) is 27.3. The van der Waals surface area contributed by atoms with Crippen LogP contribution in [0, 0.1) is 5.92 Å². The van der Waals surface area contributed by atoms with Gasteiger partial charge in [0.05, 0.1) is 35.2 Å². The van der Waals surface area contributed by atoms with Crippen molar-refractivity contribution >= 4 is 21.6 Å². The Hall–Kier alpha value is -2.75. The maximum Gasteiger partial charge on any atom is 0.271 e. The van der Waals surface area contributed by atoms with Gasteiger partial charge in [-0.2, -0.15) is 0 Å². The Bertz CT molecular complexity index is 1020. The van der Waals surface area contributed by atoms with E-state index in [0.29, 0.717) is 42.8 Å². The Kier molecular flexibility index (Phi) is 6.55. The lowest BCUT2D eigenvalue weighted by Gasteiger charge is -2.17. The number of hydrogen-bond acceptors (Lipinski definition) is 8. The monoisotopic (exact) mass is 433 g/mol. The fraction of sp³-hybridized carbons (Fsp3) is 0.500. The summed E-state index contributed by atoms with van der Waals surface area (Å²) >= 11 is 0. The highest BCUT2D eigenvalue weighted by molar-refractivity contribution is 7.92. The van der Waals surface area contributed by atoms with Crippen molar-refractivity contribution in [2.24, 2.45) is 5.92 Å². The molecule has 1 fully saturated rings. The van der Waals surface area contributed by atoms with Gasteiger partial charge in [-0.15, -0.1) is 0 Å². The van der Waals surface area contributed by atoms with Gasteiger partial charge in [-0.05, 0) is 30.9 Å². The van der Waals surface area contributed by atoms with Gasteiger partial charge < -0.3 is 15.0 Å². The second-order valence-electron chi connectivity index (χ2n) is 7.89. The highest BCUT2D eigenvalue weighted by Crippen LogP contribution is 2.33. The van der Waals surface area contributed by atoms with Gasteiger partial charge >= 0.3 is 0 Å². The van der Waals surface area contributed by atoms with Gasteiger partial charge in [0.25, 0.3) is 11.8 Å². The summed E-state index contributed by atoms with van der Waals surface area (Å²) in [5.74, 6) is 0.721. The maximum absolute atomic E-state index is 12.6. The van der Waals surface area contributed by atoms with E-state index in [-0.39, 0.29) is 22.4 Å². The predicted molar refractivity (Wildman–Crippen MR) is 112 cm³/mol. The number of hydrogen-bond donors (Lipinski definition) is 1. The molecule has 2 heterocycles. The number of nitrogens with one attached hydrogen (secondary N) is 1. The molecule has 9 nitrogen and oxygen atoms in total. The van der Waals surface area contributed by atoms with Gasteiger partial charge in [0.1, 0.15) is 5.69 Å². The van der Waals surface area contributed by atoms with E-state index < -0.39 is 15.7 Å². The zero-order chi connectivity index (χ0) is 21.9. The summed E-state index contributed by atoms with van der Waals surface area (Å²) in [6.07, 6.45) is 4.20. The molecule has 0 saturated heterocycles. The highest BCUT2D eigenvalue weighted by atomic mass is 32.2. The average Bonchev–Trinajstić information content (AvgIpc) is 3.56. The first-order valence-corrected chi connectivity index (χ1v) is 11.4. The van der Waals surface area contributed by atoms with Crippen LogP contribution in [0.15, 0.2) is 29.4 Å². The van der Waals surface area contributed by atoms with Crippen molar-refractivity contribution in [1.29, 1.82) is 0 Å². The molecule has 30 heavy (non-hydrogen) atoms. The predicted octanol–water partition coefficient (Wildman–Crippen LogP) is 1.84. The first kappa shape index (κ1) is 21.9. The van der Waals surface area contributed by atoms with E-state index in [9.17, 15) is 13.2 Å². The number of anilines is 1. The number of pyridine rings is 1. The summed E-state index contributed by atoms with van der Waals surface area (Å²) in [6, 6.07) is 3.00. The largest absolute Gasteiger partial charge is 0.475 e. The Morgan fingerprint density at radius 2 is 2.03 bits per heavy atom. The molecule has 0 atom stereocenters. The van der Waals surface area contributed by atoms with Crippen molar-refractivity contribution in [3.8, 4) is 5.88 Å². The first-order chi connectivity index (χ1) is 14.2. The van der Waals surface area contributed by atoms with E-state index >= 15 is 0 Å².